The van der Waals surface area contributed by atoms with E-state index in [0.717, 1.165) is 13.0 Å². The molecule has 0 radical (unpaired) electrons. The fourth-order valence-electron chi connectivity index (χ4n) is 2.52. The van der Waals surface area contributed by atoms with Crippen molar-refractivity contribution in [1.29, 1.82) is 0 Å². The van der Waals surface area contributed by atoms with Crippen LogP contribution >= 0.6 is 0 Å². The fraction of sp³-hybridized carbons (Fsp3) is 1.00. The van der Waals surface area contributed by atoms with Crippen LogP contribution < -0.4 is 11.1 Å². The molecule has 3 N–H and O–H groups in total. The predicted molar refractivity (Wildman–Crippen MR) is 62.3 cm³/mol. The maximum atomic E-state index is 5.54. The highest BCUT2D eigenvalue weighted by Crippen LogP contribution is 2.40. The summed E-state index contributed by atoms with van der Waals surface area (Å²) in [6.45, 7) is 6.57. The SMILES string of the molecule is CCC1(CNC(C)CCN)CCCC1. The lowest BCUT2D eigenvalue weighted by atomic mass is 9.83. The van der Waals surface area contributed by atoms with Gasteiger partial charge in [-0.05, 0) is 44.6 Å². The fourth-order valence-corrected chi connectivity index (χ4v) is 2.52. The Bertz CT molecular complexity index is 150. The molecular weight excluding hydrogens is 172 g/mol. The smallest absolute Gasteiger partial charge is 0.00509 e. The van der Waals surface area contributed by atoms with E-state index in [0.29, 0.717) is 11.5 Å². The van der Waals surface area contributed by atoms with E-state index >= 15 is 0 Å². The number of nitrogens with two attached hydrogens (primary N) is 1. The molecule has 0 bridgehead atoms. The molecule has 1 unspecified atom stereocenters. The first kappa shape index (κ1) is 12.0. The van der Waals surface area contributed by atoms with Crippen molar-refractivity contribution in [2.24, 2.45) is 11.1 Å². The second-order valence-corrected chi connectivity index (χ2v) is 4.92. The first-order chi connectivity index (χ1) is 6.72. The molecule has 1 rings (SSSR count). The van der Waals surface area contributed by atoms with E-state index in [9.17, 15) is 0 Å². The van der Waals surface area contributed by atoms with E-state index in [1.807, 2.05) is 0 Å². The molecule has 2 nitrogen and oxygen atoms in total. The summed E-state index contributed by atoms with van der Waals surface area (Å²) in [5, 5.41) is 3.64. The molecule has 0 aliphatic heterocycles. The van der Waals surface area contributed by atoms with Crippen molar-refractivity contribution in [3.05, 3.63) is 0 Å². The van der Waals surface area contributed by atoms with Gasteiger partial charge in [-0.2, -0.15) is 0 Å². The second kappa shape index (κ2) is 5.72. The minimum atomic E-state index is 0.587. The van der Waals surface area contributed by atoms with Crippen LogP contribution in [0.4, 0.5) is 0 Å². The van der Waals surface area contributed by atoms with Gasteiger partial charge in [-0.3, -0.25) is 0 Å². The normalized spacial score (nSPS) is 22.5. The van der Waals surface area contributed by atoms with Crippen molar-refractivity contribution in [2.75, 3.05) is 13.1 Å². The van der Waals surface area contributed by atoms with Gasteiger partial charge < -0.3 is 11.1 Å². The van der Waals surface area contributed by atoms with Gasteiger partial charge in [0.05, 0.1) is 0 Å². The maximum Gasteiger partial charge on any atom is 0.00509 e. The van der Waals surface area contributed by atoms with Crippen LogP contribution in [-0.2, 0) is 0 Å². The molecule has 14 heavy (non-hydrogen) atoms. The lowest BCUT2D eigenvalue weighted by Crippen LogP contribution is -2.37. The van der Waals surface area contributed by atoms with E-state index in [2.05, 4.69) is 19.2 Å². The minimum Gasteiger partial charge on any atom is -0.330 e. The molecule has 1 aliphatic rings. The zero-order valence-electron chi connectivity index (χ0n) is 9.81. The third-order valence-electron chi connectivity index (χ3n) is 3.84. The van der Waals surface area contributed by atoms with Gasteiger partial charge >= 0.3 is 0 Å². The third kappa shape index (κ3) is 3.25. The summed E-state index contributed by atoms with van der Waals surface area (Å²) >= 11 is 0. The Hall–Kier alpha value is -0.0800. The molecule has 0 amide bonds. The van der Waals surface area contributed by atoms with Crippen LogP contribution in [0.3, 0.4) is 0 Å². The van der Waals surface area contributed by atoms with E-state index in [1.165, 1.54) is 38.6 Å². The Kier molecular flexibility index (Phi) is 4.90. The highest BCUT2D eigenvalue weighted by molar-refractivity contribution is 4.86. The first-order valence-corrected chi connectivity index (χ1v) is 6.16. The molecule has 0 aromatic carbocycles. The van der Waals surface area contributed by atoms with E-state index in [-0.39, 0.29) is 0 Å². The Balaban J connectivity index is 2.27. The van der Waals surface area contributed by atoms with Gasteiger partial charge in [0.2, 0.25) is 0 Å². The van der Waals surface area contributed by atoms with E-state index < -0.39 is 0 Å². The number of rotatable bonds is 6. The monoisotopic (exact) mass is 198 g/mol. The zero-order chi connectivity index (χ0) is 10.4. The number of hydrogen-bond acceptors (Lipinski definition) is 2. The van der Waals surface area contributed by atoms with Crippen LogP contribution in [0.25, 0.3) is 0 Å². The molecule has 0 heterocycles. The van der Waals surface area contributed by atoms with E-state index in [4.69, 9.17) is 5.73 Å². The Morgan fingerprint density at radius 1 is 1.36 bits per heavy atom. The molecule has 84 valence electrons. The van der Waals surface area contributed by atoms with Crippen molar-refractivity contribution >= 4 is 0 Å². The van der Waals surface area contributed by atoms with Gasteiger partial charge in [-0.15, -0.1) is 0 Å². The quantitative estimate of drug-likeness (QED) is 0.687. The van der Waals surface area contributed by atoms with Crippen molar-refractivity contribution in [2.45, 2.75) is 58.4 Å². The zero-order valence-corrected chi connectivity index (χ0v) is 9.81. The van der Waals surface area contributed by atoms with Gasteiger partial charge in [-0.1, -0.05) is 19.8 Å². The molecule has 1 fully saturated rings. The summed E-state index contributed by atoms with van der Waals surface area (Å²) in [6, 6.07) is 0.587. The molecule has 0 aromatic heterocycles. The maximum absolute atomic E-state index is 5.54. The van der Waals surface area contributed by atoms with Gasteiger partial charge in [0, 0.05) is 12.6 Å². The lowest BCUT2D eigenvalue weighted by molar-refractivity contribution is 0.256. The van der Waals surface area contributed by atoms with Crippen LogP contribution in [0.5, 0.6) is 0 Å². The molecule has 1 atom stereocenters. The van der Waals surface area contributed by atoms with E-state index in [1.54, 1.807) is 0 Å². The third-order valence-corrected chi connectivity index (χ3v) is 3.84. The summed E-state index contributed by atoms with van der Waals surface area (Å²) in [5.74, 6) is 0. The second-order valence-electron chi connectivity index (χ2n) is 4.92. The summed E-state index contributed by atoms with van der Waals surface area (Å²) < 4.78 is 0. The summed E-state index contributed by atoms with van der Waals surface area (Å²) in [7, 11) is 0. The van der Waals surface area contributed by atoms with Crippen molar-refractivity contribution < 1.29 is 0 Å². The van der Waals surface area contributed by atoms with Crippen molar-refractivity contribution in [3.63, 3.8) is 0 Å². The lowest BCUT2D eigenvalue weighted by Gasteiger charge is -2.29. The van der Waals surface area contributed by atoms with Crippen LogP contribution in [-0.4, -0.2) is 19.1 Å². The number of nitrogens with one attached hydrogen (secondary N) is 1. The molecule has 1 saturated carbocycles. The summed E-state index contributed by atoms with van der Waals surface area (Å²) in [6.07, 6.45) is 8.13. The molecule has 1 aliphatic carbocycles. The molecule has 0 aromatic rings. The molecular formula is C12H26N2. The Morgan fingerprint density at radius 3 is 2.50 bits per heavy atom. The van der Waals surface area contributed by atoms with Crippen molar-refractivity contribution in [3.8, 4) is 0 Å². The molecule has 0 spiro atoms. The highest BCUT2D eigenvalue weighted by atomic mass is 14.9. The van der Waals surface area contributed by atoms with Gasteiger partial charge in [-0.25, -0.2) is 0 Å². The minimum absolute atomic E-state index is 0.587. The summed E-state index contributed by atoms with van der Waals surface area (Å²) in [4.78, 5) is 0. The van der Waals surface area contributed by atoms with Gasteiger partial charge in [0.1, 0.15) is 0 Å². The van der Waals surface area contributed by atoms with Crippen LogP contribution in [0.1, 0.15) is 52.4 Å². The highest BCUT2D eigenvalue weighted by Gasteiger charge is 2.31. The summed E-state index contributed by atoms with van der Waals surface area (Å²) in [5.41, 5.74) is 6.15. The average molecular weight is 198 g/mol. The number of hydrogen-bond donors (Lipinski definition) is 2. The standard InChI is InChI=1S/C12H26N2/c1-3-12(7-4-5-8-12)10-14-11(2)6-9-13/h11,14H,3-10,13H2,1-2H3. The topological polar surface area (TPSA) is 38.0 Å². The van der Waals surface area contributed by atoms with Crippen LogP contribution in [0.2, 0.25) is 0 Å². The first-order valence-electron chi connectivity index (χ1n) is 6.16. The predicted octanol–water partition coefficient (Wildman–Crippen LogP) is 2.28. The van der Waals surface area contributed by atoms with Crippen molar-refractivity contribution in [1.82, 2.24) is 5.32 Å². The molecule has 2 heteroatoms. The Morgan fingerprint density at radius 2 is 2.00 bits per heavy atom. The van der Waals surface area contributed by atoms with Crippen LogP contribution in [0.15, 0.2) is 0 Å². The largest absolute Gasteiger partial charge is 0.330 e. The average Bonchev–Trinajstić information content (AvgIpc) is 2.65. The Labute approximate surface area is 88.6 Å². The molecule has 0 saturated heterocycles. The van der Waals surface area contributed by atoms with Gasteiger partial charge in [0.15, 0.2) is 0 Å². The van der Waals surface area contributed by atoms with Gasteiger partial charge in [0.25, 0.3) is 0 Å². The van der Waals surface area contributed by atoms with Crippen LogP contribution in [0, 0.1) is 5.41 Å².